The molecule has 7 nitrogen and oxygen atoms in total. The SMILES string of the molecule is CC(=O)CCCOc1nc(Oc2ccc3c(c2)COB3O)cc(C(F)(F)F)c1C#N. The molecule has 2 aromatic rings. The quantitative estimate of drug-likeness (QED) is 0.543. The molecule has 0 spiro atoms. The van der Waals surface area contributed by atoms with Gasteiger partial charge in [-0.25, -0.2) is 0 Å². The Hall–Kier alpha value is -3.10. The second kappa shape index (κ2) is 8.73. The molecule has 1 aromatic heterocycles. The summed E-state index contributed by atoms with van der Waals surface area (Å²) in [4.78, 5) is 14.9. The van der Waals surface area contributed by atoms with Crippen molar-refractivity contribution in [2.24, 2.45) is 0 Å². The van der Waals surface area contributed by atoms with Crippen LogP contribution in [0.25, 0.3) is 0 Å². The second-order valence-electron chi connectivity index (χ2n) is 6.58. The molecule has 0 radical (unpaired) electrons. The second-order valence-corrected chi connectivity index (χ2v) is 6.58. The molecule has 30 heavy (non-hydrogen) atoms. The van der Waals surface area contributed by atoms with Crippen LogP contribution < -0.4 is 14.9 Å². The lowest BCUT2D eigenvalue weighted by atomic mass is 9.80. The number of rotatable bonds is 7. The number of carbonyl (C=O) groups excluding carboxylic acids is 1. The number of alkyl halides is 3. The van der Waals surface area contributed by atoms with Gasteiger partial charge >= 0.3 is 13.3 Å². The number of ether oxygens (including phenoxy) is 2. The summed E-state index contributed by atoms with van der Waals surface area (Å²) in [6.45, 7) is 1.43. The number of nitrogens with zero attached hydrogens (tertiary/aromatic N) is 2. The van der Waals surface area contributed by atoms with Crippen molar-refractivity contribution in [1.29, 1.82) is 5.26 Å². The Kier molecular flexibility index (Phi) is 6.29. The lowest BCUT2D eigenvalue weighted by molar-refractivity contribution is -0.138. The summed E-state index contributed by atoms with van der Waals surface area (Å²) in [6.07, 6.45) is -4.38. The number of aromatic nitrogens is 1. The minimum Gasteiger partial charge on any atom is -0.477 e. The molecule has 2 heterocycles. The van der Waals surface area contributed by atoms with E-state index in [1.54, 1.807) is 0 Å². The molecular weight excluding hydrogens is 404 g/mol. The number of ketones is 1. The number of carbonyl (C=O) groups is 1. The molecule has 1 N–H and O–H groups in total. The van der Waals surface area contributed by atoms with E-state index in [-0.39, 0.29) is 37.6 Å². The largest absolute Gasteiger partial charge is 0.491 e. The van der Waals surface area contributed by atoms with Crippen molar-refractivity contribution in [3.05, 3.63) is 41.0 Å². The molecule has 0 amide bonds. The first-order chi connectivity index (χ1) is 14.2. The number of nitriles is 1. The first-order valence-corrected chi connectivity index (χ1v) is 8.94. The summed E-state index contributed by atoms with van der Waals surface area (Å²) in [5.41, 5.74) is -0.828. The third-order valence-electron chi connectivity index (χ3n) is 4.29. The van der Waals surface area contributed by atoms with Gasteiger partial charge in [0.15, 0.2) is 0 Å². The highest BCUT2D eigenvalue weighted by molar-refractivity contribution is 6.61. The van der Waals surface area contributed by atoms with Crippen molar-refractivity contribution in [3.8, 4) is 23.6 Å². The van der Waals surface area contributed by atoms with E-state index in [2.05, 4.69) is 4.98 Å². The van der Waals surface area contributed by atoms with E-state index in [9.17, 15) is 28.3 Å². The first kappa shape index (κ1) is 21.6. The summed E-state index contributed by atoms with van der Waals surface area (Å²) in [7, 11) is -1.06. The van der Waals surface area contributed by atoms with E-state index >= 15 is 0 Å². The van der Waals surface area contributed by atoms with E-state index < -0.39 is 36.2 Å². The molecule has 1 aliphatic heterocycles. The number of pyridine rings is 1. The van der Waals surface area contributed by atoms with Crippen molar-refractivity contribution in [2.45, 2.75) is 32.5 Å². The van der Waals surface area contributed by atoms with Crippen LogP contribution in [0.5, 0.6) is 17.5 Å². The molecule has 0 bridgehead atoms. The van der Waals surface area contributed by atoms with Gasteiger partial charge in [-0.3, -0.25) is 0 Å². The lowest BCUT2D eigenvalue weighted by Gasteiger charge is -2.15. The zero-order chi connectivity index (χ0) is 21.9. The maximum absolute atomic E-state index is 13.5. The molecule has 0 saturated heterocycles. The average molecular weight is 420 g/mol. The Labute approximate surface area is 170 Å². The van der Waals surface area contributed by atoms with Gasteiger partial charge in [0.1, 0.15) is 23.2 Å². The van der Waals surface area contributed by atoms with Crippen LogP contribution in [-0.2, 0) is 22.2 Å². The summed E-state index contributed by atoms with van der Waals surface area (Å²) >= 11 is 0. The van der Waals surface area contributed by atoms with Gasteiger partial charge in [0.05, 0.1) is 18.8 Å². The van der Waals surface area contributed by atoms with Crippen molar-refractivity contribution in [1.82, 2.24) is 4.98 Å². The van der Waals surface area contributed by atoms with Gasteiger partial charge in [-0.15, -0.1) is 0 Å². The van der Waals surface area contributed by atoms with E-state index in [1.807, 2.05) is 0 Å². The molecule has 0 saturated carbocycles. The maximum Gasteiger partial charge on any atom is 0.491 e. The van der Waals surface area contributed by atoms with Crippen LogP contribution in [-0.4, -0.2) is 29.5 Å². The third kappa shape index (κ3) is 4.90. The van der Waals surface area contributed by atoms with Gasteiger partial charge in [-0.05, 0) is 36.5 Å². The third-order valence-corrected chi connectivity index (χ3v) is 4.29. The van der Waals surface area contributed by atoms with Crippen LogP contribution in [0.4, 0.5) is 13.2 Å². The van der Waals surface area contributed by atoms with Gasteiger partial charge in [-0.2, -0.15) is 23.4 Å². The van der Waals surface area contributed by atoms with E-state index in [0.29, 0.717) is 17.1 Å². The Bertz CT molecular complexity index is 1010. The zero-order valence-electron chi connectivity index (χ0n) is 15.8. The molecule has 156 valence electrons. The van der Waals surface area contributed by atoms with Crippen molar-refractivity contribution in [3.63, 3.8) is 0 Å². The van der Waals surface area contributed by atoms with Crippen LogP contribution in [0.2, 0.25) is 0 Å². The van der Waals surface area contributed by atoms with Crippen LogP contribution in [0.15, 0.2) is 24.3 Å². The lowest BCUT2D eigenvalue weighted by Crippen LogP contribution is -2.27. The van der Waals surface area contributed by atoms with Crippen LogP contribution >= 0.6 is 0 Å². The minimum atomic E-state index is -4.83. The average Bonchev–Trinajstić information content (AvgIpc) is 3.04. The van der Waals surface area contributed by atoms with Gasteiger partial charge in [0, 0.05) is 12.5 Å². The smallest absolute Gasteiger partial charge is 0.477 e. The van der Waals surface area contributed by atoms with Gasteiger partial charge in [0.2, 0.25) is 11.8 Å². The fourth-order valence-corrected chi connectivity index (χ4v) is 2.87. The summed E-state index contributed by atoms with van der Waals surface area (Å²) in [5.74, 6) is -0.849. The monoisotopic (exact) mass is 420 g/mol. The summed E-state index contributed by atoms with van der Waals surface area (Å²) in [6, 6.07) is 6.61. The fourth-order valence-electron chi connectivity index (χ4n) is 2.87. The number of hydrogen-bond donors (Lipinski definition) is 1. The number of benzene rings is 1. The van der Waals surface area contributed by atoms with Crippen molar-refractivity contribution in [2.75, 3.05) is 6.61 Å². The molecule has 1 aliphatic rings. The number of Topliss-reactive ketones (excluding diaryl/α,β-unsaturated/α-hetero) is 1. The highest BCUT2D eigenvalue weighted by Crippen LogP contribution is 2.38. The summed E-state index contributed by atoms with van der Waals surface area (Å²) in [5, 5.41) is 18.9. The van der Waals surface area contributed by atoms with E-state index in [1.165, 1.54) is 31.2 Å². The van der Waals surface area contributed by atoms with E-state index in [0.717, 1.165) is 0 Å². The Morgan fingerprint density at radius 2 is 2.17 bits per heavy atom. The van der Waals surface area contributed by atoms with Gasteiger partial charge < -0.3 is 23.9 Å². The molecule has 3 rings (SSSR count). The van der Waals surface area contributed by atoms with Crippen LogP contribution in [0.3, 0.4) is 0 Å². The molecule has 0 unspecified atom stereocenters. The molecule has 0 atom stereocenters. The molecule has 0 aliphatic carbocycles. The highest BCUT2D eigenvalue weighted by atomic mass is 19.4. The summed E-state index contributed by atoms with van der Waals surface area (Å²) < 4.78 is 56.2. The van der Waals surface area contributed by atoms with Crippen LogP contribution in [0, 0.1) is 11.3 Å². The normalized spacial score (nSPS) is 13.0. The molecule has 0 fully saturated rings. The Morgan fingerprint density at radius 1 is 1.40 bits per heavy atom. The topological polar surface area (TPSA) is 102 Å². The minimum absolute atomic E-state index is 0.0872. The molecule has 11 heteroatoms. The fraction of sp³-hybridized carbons (Fsp3) is 0.316. The first-order valence-electron chi connectivity index (χ1n) is 8.94. The predicted molar refractivity (Wildman–Crippen MR) is 98.3 cm³/mol. The zero-order valence-corrected chi connectivity index (χ0v) is 15.8. The van der Waals surface area contributed by atoms with E-state index in [4.69, 9.17) is 14.1 Å². The number of hydrogen-bond acceptors (Lipinski definition) is 7. The Balaban J connectivity index is 1.91. The van der Waals surface area contributed by atoms with Gasteiger partial charge in [0.25, 0.3) is 0 Å². The molecule has 1 aromatic carbocycles. The van der Waals surface area contributed by atoms with Crippen molar-refractivity contribution >= 4 is 18.4 Å². The van der Waals surface area contributed by atoms with Gasteiger partial charge in [-0.1, -0.05) is 6.07 Å². The number of fused-ring (bicyclic) bond motifs is 1. The maximum atomic E-state index is 13.5. The van der Waals surface area contributed by atoms with Crippen molar-refractivity contribution < 1.29 is 37.1 Å². The molecular formula is C19H16BF3N2O5. The van der Waals surface area contributed by atoms with Crippen LogP contribution in [0.1, 0.15) is 36.5 Å². The standard InChI is InChI=1S/C19H16BF3N2O5/c1-11(26)3-2-6-28-18-14(9-24)15(19(21,22)23)8-17(25-18)30-13-4-5-16-12(7-13)10-29-20(16)27/h4-5,7-8,27H,2-3,6,10H2,1H3. The number of halogens is 3. The predicted octanol–water partition coefficient (Wildman–Crippen LogP) is 2.73. The Morgan fingerprint density at radius 3 is 2.83 bits per heavy atom. The highest BCUT2D eigenvalue weighted by Gasteiger charge is 2.37.